The van der Waals surface area contributed by atoms with Crippen LogP contribution in [0.2, 0.25) is 0 Å². The smallest absolute Gasteiger partial charge is 0.280 e. The van der Waals surface area contributed by atoms with Gasteiger partial charge < -0.3 is 10.4 Å². The fraction of sp³-hybridized carbons (Fsp3) is 0.133. The molecule has 0 saturated carbocycles. The Kier molecular flexibility index (Phi) is 4.81. The second-order valence-electron chi connectivity index (χ2n) is 5.42. The molecule has 2 N–H and O–H groups in total. The summed E-state index contributed by atoms with van der Waals surface area (Å²) in [7, 11) is 0. The molecule has 0 saturated heterocycles. The summed E-state index contributed by atoms with van der Waals surface area (Å²) < 4.78 is 52.5. The largest absolute Gasteiger partial charge is 0.506 e. The van der Waals surface area contributed by atoms with Gasteiger partial charge in [0, 0.05) is 12.1 Å². The van der Waals surface area contributed by atoms with Gasteiger partial charge >= 0.3 is 0 Å². The van der Waals surface area contributed by atoms with Crippen LogP contribution >= 0.6 is 0 Å². The molecule has 0 aliphatic rings. The highest BCUT2D eigenvalue weighted by atomic mass is 19.3. The van der Waals surface area contributed by atoms with Gasteiger partial charge in [-0.05, 0) is 12.1 Å². The molecular formula is C15H9F4N5O4. The van der Waals surface area contributed by atoms with E-state index < -0.39 is 57.8 Å². The molecule has 0 aliphatic carbocycles. The number of aromatic nitrogens is 3. The average Bonchev–Trinajstić information content (AvgIpc) is 3.06. The Balaban J connectivity index is 1.96. The van der Waals surface area contributed by atoms with Gasteiger partial charge in [-0.1, -0.05) is 0 Å². The average molecular weight is 399 g/mol. The van der Waals surface area contributed by atoms with Gasteiger partial charge in [-0.25, -0.2) is 27.1 Å². The lowest BCUT2D eigenvalue weighted by Crippen LogP contribution is -2.13. The highest BCUT2D eigenvalue weighted by Crippen LogP contribution is 2.29. The summed E-state index contributed by atoms with van der Waals surface area (Å²) in [5, 5.41) is 26.2. The quantitative estimate of drug-likeness (QED) is 0.293. The lowest BCUT2D eigenvalue weighted by Gasteiger charge is -2.06. The molecule has 0 unspecified atom stereocenters. The first-order valence-electron chi connectivity index (χ1n) is 7.43. The van der Waals surface area contributed by atoms with Crippen molar-refractivity contribution in [3.05, 3.63) is 57.5 Å². The number of nitrogens with zero attached hydrogens (tertiary/aromatic N) is 4. The van der Waals surface area contributed by atoms with Gasteiger partial charge in [0.25, 0.3) is 24.4 Å². The number of nitro groups is 1. The molecule has 0 radical (unpaired) electrons. The van der Waals surface area contributed by atoms with Crippen LogP contribution in [0, 0.1) is 10.1 Å². The molecule has 28 heavy (non-hydrogen) atoms. The van der Waals surface area contributed by atoms with E-state index in [1.54, 1.807) is 0 Å². The molecule has 13 heteroatoms. The van der Waals surface area contributed by atoms with Crippen molar-refractivity contribution >= 4 is 22.9 Å². The van der Waals surface area contributed by atoms with E-state index in [4.69, 9.17) is 0 Å². The maximum absolute atomic E-state index is 13.1. The van der Waals surface area contributed by atoms with Crippen molar-refractivity contribution in [2.45, 2.75) is 12.9 Å². The number of non-ortho nitro benzene ring substituents is 1. The summed E-state index contributed by atoms with van der Waals surface area (Å²) >= 11 is 0. The van der Waals surface area contributed by atoms with Crippen molar-refractivity contribution in [3.63, 3.8) is 0 Å². The molecule has 2 heterocycles. The summed E-state index contributed by atoms with van der Waals surface area (Å²) in [6.07, 6.45) is -6.26. The number of phenolic OH excluding ortho intramolecular Hbond substituents is 1. The lowest BCUT2D eigenvalue weighted by atomic mass is 10.2. The third kappa shape index (κ3) is 3.54. The number of carbonyl (C=O) groups excluding carboxylic acids is 1. The van der Waals surface area contributed by atoms with Crippen LogP contribution in [0.25, 0.3) is 5.65 Å². The van der Waals surface area contributed by atoms with Crippen molar-refractivity contribution in [1.29, 1.82) is 0 Å². The molecule has 146 valence electrons. The summed E-state index contributed by atoms with van der Waals surface area (Å²) in [5.74, 6) is -1.59. The number of nitrogens with one attached hydrogen (secondary N) is 1. The molecule has 1 amide bonds. The third-order valence-electron chi connectivity index (χ3n) is 3.59. The van der Waals surface area contributed by atoms with Gasteiger partial charge in [-0.3, -0.25) is 14.9 Å². The zero-order valence-electron chi connectivity index (χ0n) is 13.5. The number of alkyl halides is 4. The fourth-order valence-corrected chi connectivity index (χ4v) is 2.32. The second-order valence-corrected chi connectivity index (χ2v) is 5.42. The number of rotatable bonds is 5. The minimum atomic E-state index is -3.16. The standard InChI is InChI=1S/C15H9F4N5O4/c16-13(17)8-4-10(14(18)19)23-12(20-8)5-9(22-23)15(26)21-7-2-1-6(24(27)28)3-11(7)25/h1-5,13-14,25H,(H,21,26). The van der Waals surface area contributed by atoms with E-state index in [0.717, 1.165) is 24.3 Å². The normalized spacial score (nSPS) is 11.4. The van der Waals surface area contributed by atoms with E-state index in [1.165, 1.54) is 0 Å². The number of benzene rings is 1. The van der Waals surface area contributed by atoms with Crippen LogP contribution in [0.1, 0.15) is 34.7 Å². The van der Waals surface area contributed by atoms with Gasteiger partial charge in [0.2, 0.25) is 0 Å². The number of nitro benzene ring substituents is 1. The third-order valence-corrected chi connectivity index (χ3v) is 3.59. The Morgan fingerprint density at radius 3 is 2.46 bits per heavy atom. The molecule has 3 aromatic rings. The summed E-state index contributed by atoms with van der Waals surface area (Å²) in [4.78, 5) is 25.6. The van der Waals surface area contributed by atoms with Crippen LogP contribution in [0.15, 0.2) is 30.3 Å². The number of aromatic hydroxyl groups is 1. The topological polar surface area (TPSA) is 123 Å². The molecule has 0 aliphatic heterocycles. The number of anilines is 1. The zero-order valence-corrected chi connectivity index (χ0v) is 13.5. The predicted octanol–water partition coefficient (Wildman–Crippen LogP) is 3.47. The molecule has 3 rings (SSSR count). The Labute approximate surface area is 152 Å². The molecule has 9 nitrogen and oxygen atoms in total. The monoisotopic (exact) mass is 399 g/mol. The summed E-state index contributed by atoms with van der Waals surface area (Å²) in [5.41, 5.74) is -3.25. The molecule has 0 fully saturated rings. The van der Waals surface area contributed by atoms with Gasteiger partial charge in [0.1, 0.15) is 17.1 Å². The maximum Gasteiger partial charge on any atom is 0.280 e. The first-order valence-corrected chi connectivity index (χ1v) is 7.43. The number of hydrogen-bond acceptors (Lipinski definition) is 6. The Bertz CT molecular complexity index is 1090. The van der Waals surface area contributed by atoms with Gasteiger partial charge in [0.15, 0.2) is 11.3 Å². The molecular weight excluding hydrogens is 390 g/mol. The van der Waals surface area contributed by atoms with Crippen LogP contribution in [0.4, 0.5) is 28.9 Å². The number of halogens is 4. The molecule has 0 atom stereocenters. The van der Waals surface area contributed by atoms with E-state index in [9.17, 15) is 37.6 Å². The number of amides is 1. The van der Waals surface area contributed by atoms with Crippen LogP contribution in [0.5, 0.6) is 5.75 Å². The van der Waals surface area contributed by atoms with Crippen LogP contribution in [-0.2, 0) is 0 Å². The molecule has 0 bridgehead atoms. The number of fused-ring (bicyclic) bond motifs is 1. The van der Waals surface area contributed by atoms with Gasteiger partial charge in [-0.2, -0.15) is 5.10 Å². The van der Waals surface area contributed by atoms with Gasteiger partial charge in [-0.15, -0.1) is 0 Å². The van der Waals surface area contributed by atoms with Crippen molar-refractivity contribution in [3.8, 4) is 5.75 Å². The number of phenols is 1. The molecule has 1 aromatic carbocycles. The summed E-state index contributed by atoms with van der Waals surface area (Å²) in [6.45, 7) is 0. The zero-order chi connectivity index (χ0) is 20.6. The predicted molar refractivity (Wildman–Crippen MR) is 85.6 cm³/mol. The highest BCUT2D eigenvalue weighted by Gasteiger charge is 2.22. The van der Waals surface area contributed by atoms with Crippen LogP contribution in [0.3, 0.4) is 0 Å². The van der Waals surface area contributed by atoms with E-state index >= 15 is 0 Å². The Morgan fingerprint density at radius 1 is 1.18 bits per heavy atom. The van der Waals surface area contributed by atoms with Crippen molar-refractivity contribution < 1.29 is 32.4 Å². The van der Waals surface area contributed by atoms with Crippen molar-refractivity contribution in [2.75, 3.05) is 5.32 Å². The number of hydrogen-bond donors (Lipinski definition) is 2. The van der Waals surface area contributed by atoms with Crippen molar-refractivity contribution in [1.82, 2.24) is 14.6 Å². The SMILES string of the molecule is O=C(Nc1ccc([N+](=O)[O-])cc1O)c1cc2nc(C(F)F)cc(C(F)F)n2n1. The lowest BCUT2D eigenvalue weighted by molar-refractivity contribution is -0.384. The fourth-order valence-electron chi connectivity index (χ4n) is 2.32. The van der Waals surface area contributed by atoms with Crippen LogP contribution < -0.4 is 5.32 Å². The summed E-state index contributed by atoms with van der Waals surface area (Å²) in [6, 6.07) is 4.27. The molecule has 2 aromatic heterocycles. The minimum Gasteiger partial charge on any atom is -0.506 e. The second kappa shape index (κ2) is 7.09. The first-order chi connectivity index (χ1) is 13.2. The maximum atomic E-state index is 13.1. The Morgan fingerprint density at radius 2 is 1.89 bits per heavy atom. The van der Waals surface area contributed by atoms with Gasteiger partial charge in [0.05, 0.1) is 16.7 Å². The first kappa shape index (κ1) is 19.0. The van der Waals surface area contributed by atoms with E-state index in [-0.39, 0.29) is 5.69 Å². The molecule has 0 spiro atoms. The minimum absolute atomic E-state index is 0.206. The van der Waals surface area contributed by atoms with E-state index in [1.807, 2.05) is 0 Å². The van der Waals surface area contributed by atoms with E-state index in [0.29, 0.717) is 10.6 Å². The Hall–Kier alpha value is -3.77. The highest BCUT2D eigenvalue weighted by molar-refractivity contribution is 6.04. The van der Waals surface area contributed by atoms with E-state index in [2.05, 4.69) is 15.4 Å². The van der Waals surface area contributed by atoms with Crippen molar-refractivity contribution in [2.24, 2.45) is 0 Å². The van der Waals surface area contributed by atoms with Crippen LogP contribution in [-0.4, -0.2) is 30.5 Å². The number of carbonyl (C=O) groups is 1.